The molecule has 3 N–H and O–H groups in total. The molecule has 21 heavy (non-hydrogen) atoms. The van der Waals surface area contributed by atoms with Crippen molar-refractivity contribution in [3.63, 3.8) is 0 Å². The van der Waals surface area contributed by atoms with Crippen LogP contribution in [-0.2, 0) is 9.59 Å². The molecule has 0 radical (unpaired) electrons. The number of carbonyl (C=O) groups is 2. The standard InChI is InChI=1S/C15H19NO5/c1-9-4-6-12(21-3)11(8-9)5-7-13(18)16-14(10(2)17)15(19)20/h4-8,10,14,17H,1-3H3,(H,16,18)(H,19,20)/b7-5+. The summed E-state index contributed by atoms with van der Waals surface area (Å²) in [5.41, 5.74) is 1.71. The van der Waals surface area contributed by atoms with Gasteiger partial charge in [-0.3, -0.25) is 4.79 Å². The molecule has 1 aromatic rings. The van der Waals surface area contributed by atoms with Gasteiger partial charge in [0.05, 0.1) is 13.2 Å². The zero-order chi connectivity index (χ0) is 16.0. The van der Waals surface area contributed by atoms with E-state index in [1.807, 2.05) is 19.1 Å². The lowest BCUT2D eigenvalue weighted by Crippen LogP contribution is -2.47. The molecule has 1 aromatic carbocycles. The van der Waals surface area contributed by atoms with Crippen LogP contribution >= 0.6 is 0 Å². The summed E-state index contributed by atoms with van der Waals surface area (Å²) in [4.78, 5) is 22.6. The lowest BCUT2D eigenvalue weighted by Gasteiger charge is -2.15. The first kappa shape index (κ1) is 16.7. The van der Waals surface area contributed by atoms with Crippen LogP contribution in [0.25, 0.3) is 6.08 Å². The SMILES string of the molecule is COc1ccc(C)cc1/C=C/C(=O)NC(C(=O)O)C(C)O. The predicted octanol–water partition coefficient (Wildman–Crippen LogP) is 0.967. The summed E-state index contributed by atoms with van der Waals surface area (Å²) in [5.74, 6) is -1.29. The van der Waals surface area contributed by atoms with Crippen LogP contribution in [0.15, 0.2) is 24.3 Å². The fourth-order valence-electron chi connectivity index (χ4n) is 1.74. The first-order chi connectivity index (χ1) is 9.85. The van der Waals surface area contributed by atoms with Gasteiger partial charge in [-0.1, -0.05) is 11.6 Å². The number of methoxy groups -OCH3 is 1. The summed E-state index contributed by atoms with van der Waals surface area (Å²) in [6, 6.07) is 4.15. The van der Waals surface area contributed by atoms with Crippen molar-refractivity contribution in [1.82, 2.24) is 5.32 Å². The van der Waals surface area contributed by atoms with Gasteiger partial charge in [0.1, 0.15) is 5.75 Å². The molecule has 6 heteroatoms. The zero-order valence-electron chi connectivity index (χ0n) is 12.2. The molecule has 2 unspecified atom stereocenters. The number of aliphatic hydroxyl groups excluding tert-OH is 1. The van der Waals surface area contributed by atoms with E-state index in [9.17, 15) is 14.7 Å². The fraction of sp³-hybridized carbons (Fsp3) is 0.333. The van der Waals surface area contributed by atoms with E-state index in [2.05, 4.69) is 5.32 Å². The number of aliphatic hydroxyl groups is 1. The summed E-state index contributed by atoms with van der Waals surface area (Å²) in [5, 5.41) is 20.4. The van der Waals surface area contributed by atoms with E-state index in [-0.39, 0.29) is 0 Å². The van der Waals surface area contributed by atoms with Crippen LogP contribution in [0.5, 0.6) is 5.75 Å². The summed E-state index contributed by atoms with van der Waals surface area (Å²) < 4.78 is 5.17. The smallest absolute Gasteiger partial charge is 0.328 e. The van der Waals surface area contributed by atoms with Crippen LogP contribution < -0.4 is 10.1 Å². The van der Waals surface area contributed by atoms with Crippen LogP contribution in [0.4, 0.5) is 0 Å². The average Bonchev–Trinajstić information content (AvgIpc) is 2.42. The number of hydrogen-bond acceptors (Lipinski definition) is 4. The van der Waals surface area contributed by atoms with E-state index in [0.29, 0.717) is 11.3 Å². The number of hydrogen-bond donors (Lipinski definition) is 3. The predicted molar refractivity (Wildman–Crippen MR) is 78.0 cm³/mol. The van der Waals surface area contributed by atoms with Gasteiger partial charge in [-0.05, 0) is 32.1 Å². The fourth-order valence-corrected chi connectivity index (χ4v) is 1.74. The van der Waals surface area contributed by atoms with Gasteiger partial charge in [-0.15, -0.1) is 0 Å². The van der Waals surface area contributed by atoms with E-state index in [1.54, 1.807) is 6.07 Å². The second-order valence-corrected chi connectivity index (χ2v) is 4.64. The van der Waals surface area contributed by atoms with Crippen molar-refractivity contribution >= 4 is 18.0 Å². The second kappa shape index (κ2) is 7.44. The molecule has 1 rings (SSSR count). The van der Waals surface area contributed by atoms with Crippen molar-refractivity contribution < 1.29 is 24.5 Å². The van der Waals surface area contributed by atoms with Crippen LogP contribution in [0.2, 0.25) is 0 Å². The third-order valence-electron chi connectivity index (χ3n) is 2.85. The molecule has 0 aliphatic heterocycles. The van der Waals surface area contributed by atoms with Crippen molar-refractivity contribution in [3.8, 4) is 5.75 Å². The van der Waals surface area contributed by atoms with E-state index >= 15 is 0 Å². The Morgan fingerprint density at radius 3 is 2.57 bits per heavy atom. The Labute approximate surface area is 123 Å². The van der Waals surface area contributed by atoms with Gasteiger partial charge in [-0.2, -0.15) is 0 Å². The summed E-state index contributed by atoms with van der Waals surface area (Å²) >= 11 is 0. The molecule has 2 atom stereocenters. The number of carboxylic acid groups (broad SMARTS) is 1. The molecule has 0 saturated carbocycles. The van der Waals surface area contributed by atoms with E-state index in [1.165, 1.54) is 26.2 Å². The third kappa shape index (κ3) is 4.92. The van der Waals surface area contributed by atoms with E-state index in [0.717, 1.165) is 5.56 Å². The van der Waals surface area contributed by atoms with Crippen molar-refractivity contribution in [2.75, 3.05) is 7.11 Å². The molecule has 0 spiro atoms. The van der Waals surface area contributed by atoms with Gasteiger partial charge in [0.15, 0.2) is 6.04 Å². The normalized spacial score (nSPS) is 13.7. The van der Waals surface area contributed by atoms with Crippen molar-refractivity contribution in [3.05, 3.63) is 35.4 Å². The van der Waals surface area contributed by atoms with Gasteiger partial charge in [-0.25, -0.2) is 4.79 Å². The Morgan fingerprint density at radius 1 is 1.38 bits per heavy atom. The molecular formula is C15H19NO5. The highest BCUT2D eigenvalue weighted by Crippen LogP contribution is 2.20. The molecule has 0 heterocycles. The van der Waals surface area contributed by atoms with Gasteiger partial charge in [0.2, 0.25) is 5.91 Å². The van der Waals surface area contributed by atoms with Crippen molar-refractivity contribution in [2.45, 2.75) is 26.0 Å². The molecule has 0 fully saturated rings. The summed E-state index contributed by atoms with van der Waals surface area (Å²) in [6.45, 7) is 3.21. The number of aryl methyl sites for hydroxylation is 1. The monoisotopic (exact) mass is 293 g/mol. The number of ether oxygens (including phenoxy) is 1. The van der Waals surface area contributed by atoms with Crippen LogP contribution in [-0.4, -0.2) is 41.3 Å². The second-order valence-electron chi connectivity index (χ2n) is 4.64. The number of rotatable bonds is 6. The third-order valence-corrected chi connectivity index (χ3v) is 2.85. The number of aliphatic carboxylic acids is 1. The Kier molecular flexibility index (Phi) is 5.92. The number of carboxylic acids is 1. The number of carbonyl (C=O) groups excluding carboxylic acids is 1. The minimum Gasteiger partial charge on any atom is -0.496 e. The number of nitrogens with one attached hydrogen (secondary N) is 1. The van der Waals surface area contributed by atoms with Crippen molar-refractivity contribution in [2.24, 2.45) is 0 Å². The quantitative estimate of drug-likeness (QED) is 0.679. The van der Waals surface area contributed by atoms with Gasteiger partial charge < -0.3 is 20.3 Å². The molecule has 114 valence electrons. The molecular weight excluding hydrogens is 274 g/mol. The molecule has 0 aliphatic rings. The zero-order valence-corrected chi connectivity index (χ0v) is 12.2. The molecule has 6 nitrogen and oxygen atoms in total. The van der Waals surface area contributed by atoms with Crippen LogP contribution in [0, 0.1) is 6.92 Å². The van der Waals surface area contributed by atoms with E-state index in [4.69, 9.17) is 9.84 Å². The van der Waals surface area contributed by atoms with E-state index < -0.39 is 24.0 Å². The summed E-state index contributed by atoms with van der Waals surface area (Å²) in [6.07, 6.45) is 1.55. The van der Waals surface area contributed by atoms with Gasteiger partial charge in [0, 0.05) is 11.6 Å². The maximum absolute atomic E-state index is 11.7. The number of benzene rings is 1. The lowest BCUT2D eigenvalue weighted by atomic mass is 10.1. The molecule has 0 aromatic heterocycles. The Hall–Kier alpha value is -2.34. The molecule has 1 amide bonds. The van der Waals surface area contributed by atoms with Crippen molar-refractivity contribution in [1.29, 1.82) is 0 Å². The Morgan fingerprint density at radius 2 is 2.05 bits per heavy atom. The molecule has 0 bridgehead atoms. The highest BCUT2D eigenvalue weighted by molar-refractivity contribution is 5.94. The Bertz CT molecular complexity index is 551. The number of amides is 1. The van der Waals surface area contributed by atoms with Gasteiger partial charge >= 0.3 is 5.97 Å². The van der Waals surface area contributed by atoms with Crippen LogP contribution in [0.1, 0.15) is 18.1 Å². The van der Waals surface area contributed by atoms with Crippen LogP contribution in [0.3, 0.4) is 0 Å². The van der Waals surface area contributed by atoms with Gasteiger partial charge in [0.25, 0.3) is 0 Å². The minimum absolute atomic E-state index is 0.605. The first-order valence-corrected chi connectivity index (χ1v) is 6.39. The maximum Gasteiger partial charge on any atom is 0.328 e. The minimum atomic E-state index is -1.35. The lowest BCUT2D eigenvalue weighted by molar-refractivity contribution is -0.144. The maximum atomic E-state index is 11.7. The molecule has 0 aliphatic carbocycles. The molecule has 0 saturated heterocycles. The topological polar surface area (TPSA) is 95.9 Å². The highest BCUT2D eigenvalue weighted by Gasteiger charge is 2.23. The Balaban J connectivity index is 2.83. The summed E-state index contributed by atoms with van der Waals surface area (Å²) in [7, 11) is 1.52. The first-order valence-electron chi connectivity index (χ1n) is 6.39. The highest BCUT2D eigenvalue weighted by atomic mass is 16.5. The largest absolute Gasteiger partial charge is 0.496 e. The average molecular weight is 293 g/mol.